The van der Waals surface area contributed by atoms with Gasteiger partial charge in [0.05, 0.1) is 18.7 Å². The Morgan fingerprint density at radius 2 is 1.71 bits per heavy atom. The number of halogens is 1. The molecule has 5 heteroatoms. The highest BCUT2D eigenvalue weighted by Gasteiger charge is 2.24. The Bertz CT molecular complexity index is 548. The number of carbonyl (C=O) groups is 1. The first-order chi connectivity index (χ1) is 11.2. The first-order valence-electron chi connectivity index (χ1n) is 8.52. The van der Waals surface area contributed by atoms with Crippen LogP contribution in [0.5, 0.6) is 11.5 Å². The molecule has 24 heavy (non-hydrogen) atoms. The number of carbonyl (C=O) groups excluding carboxylic acids is 1. The van der Waals surface area contributed by atoms with Crippen molar-refractivity contribution in [3.8, 4) is 11.5 Å². The van der Waals surface area contributed by atoms with Crippen molar-refractivity contribution in [2.45, 2.75) is 60.0 Å². The molecule has 0 N–H and O–H groups in total. The SMILES string of the molecule is COc1cc(C(=O)N(C(C)C)C(C)C)cc(Cl)c1OCCC(C)C. The Labute approximate surface area is 151 Å². The van der Waals surface area contributed by atoms with E-state index in [0.29, 0.717) is 34.6 Å². The molecular formula is C19H30ClNO3. The average molecular weight is 356 g/mol. The van der Waals surface area contributed by atoms with Crippen LogP contribution in [0.4, 0.5) is 0 Å². The largest absolute Gasteiger partial charge is 0.493 e. The number of amides is 1. The van der Waals surface area contributed by atoms with E-state index < -0.39 is 0 Å². The number of methoxy groups -OCH3 is 1. The maximum Gasteiger partial charge on any atom is 0.254 e. The lowest BCUT2D eigenvalue weighted by Gasteiger charge is -2.31. The first-order valence-corrected chi connectivity index (χ1v) is 8.89. The van der Waals surface area contributed by atoms with Gasteiger partial charge in [0.2, 0.25) is 0 Å². The van der Waals surface area contributed by atoms with Crippen molar-refractivity contribution in [1.29, 1.82) is 0 Å². The van der Waals surface area contributed by atoms with Gasteiger partial charge in [0.25, 0.3) is 5.91 Å². The van der Waals surface area contributed by atoms with E-state index in [2.05, 4.69) is 13.8 Å². The normalized spacial score (nSPS) is 11.3. The van der Waals surface area contributed by atoms with Crippen LogP contribution in [0, 0.1) is 5.92 Å². The molecule has 1 aromatic rings. The van der Waals surface area contributed by atoms with E-state index in [4.69, 9.17) is 21.1 Å². The molecule has 0 fully saturated rings. The summed E-state index contributed by atoms with van der Waals surface area (Å²) < 4.78 is 11.2. The van der Waals surface area contributed by atoms with E-state index in [1.807, 2.05) is 32.6 Å². The molecule has 0 radical (unpaired) electrons. The van der Waals surface area contributed by atoms with Gasteiger partial charge in [-0.05, 0) is 52.2 Å². The van der Waals surface area contributed by atoms with Crippen LogP contribution in [-0.4, -0.2) is 36.6 Å². The number of ether oxygens (including phenoxy) is 2. The fraction of sp³-hybridized carbons (Fsp3) is 0.632. The summed E-state index contributed by atoms with van der Waals surface area (Å²) in [4.78, 5) is 14.7. The molecule has 0 bridgehead atoms. The van der Waals surface area contributed by atoms with Crippen LogP contribution < -0.4 is 9.47 Å². The molecule has 0 aliphatic rings. The highest BCUT2D eigenvalue weighted by molar-refractivity contribution is 6.32. The molecule has 0 aliphatic heterocycles. The topological polar surface area (TPSA) is 38.8 Å². The summed E-state index contributed by atoms with van der Waals surface area (Å²) in [6.45, 7) is 12.8. The van der Waals surface area contributed by atoms with Gasteiger partial charge in [0.1, 0.15) is 0 Å². The molecule has 1 amide bonds. The Morgan fingerprint density at radius 3 is 2.17 bits per heavy atom. The van der Waals surface area contributed by atoms with Gasteiger partial charge >= 0.3 is 0 Å². The molecule has 0 spiro atoms. The zero-order valence-corrected chi connectivity index (χ0v) is 16.6. The second kappa shape index (κ2) is 9.16. The minimum absolute atomic E-state index is 0.0612. The third kappa shape index (κ3) is 5.30. The molecule has 0 unspecified atom stereocenters. The van der Waals surface area contributed by atoms with Gasteiger partial charge in [-0.2, -0.15) is 0 Å². The van der Waals surface area contributed by atoms with Gasteiger partial charge in [-0.15, -0.1) is 0 Å². The minimum atomic E-state index is -0.0612. The van der Waals surface area contributed by atoms with E-state index in [-0.39, 0.29) is 18.0 Å². The molecule has 0 heterocycles. The lowest BCUT2D eigenvalue weighted by Crippen LogP contribution is -2.42. The van der Waals surface area contributed by atoms with Crippen molar-refractivity contribution in [3.63, 3.8) is 0 Å². The second-order valence-corrected chi connectivity index (χ2v) is 7.33. The van der Waals surface area contributed by atoms with Gasteiger partial charge in [0.15, 0.2) is 11.5 Å². The second-order valence-electron chi connectivity index (χ2n) is 6.92. The Morgan fingerprint density at radius 1 is 1.12 bits per heavy atom. The van der Waals surface area contributed by atoms with Crippen LogP contribution in [0.1, 0.15) is 58.3 Å². The van der Waals surface area contributed by atoms with Gasteiger partial charge < -0.3 is 14.4 Å². The molecule has 0 atom stereocenters. The maximum atomic E-state index is 12.8. The lowest BCUT2D eigenvalue weighted by molar-refractivity contribution is 0.0643. The molecular weight excluding hydrogens is 326 g/mol. The molecule has 4 nitrogen and oxygen atoms in total. The Balaban J connectivity index is 3.11. The van der Waals surface area contributed by atoms with Crippen LogP contribution in [0.15, 0.2) is 12.1 Å². The molecule has 0 aromatic heterocycles. The van der Waals surface area contributed by atoms with Crippen molar-refractivity contribution >= 4 is 17.5 Å². The maximum absolute atomic E-state index is 12.8. The zero-order valence-electron chi connectivity index (χ0n) is 15.9. The van der Waals surface area contributed by atoms with E-state index in [1.54, 1.807) is 19.2 Å². The van der Waals surface area contributed by atoms with Crippen LogP contribution in [-0.2, 0) is 0 Å². The van der Waals surface area contributed by atoms with Crippen molar-refractivity contribution in [2.24, 2.45) is 5.92 Å². The Kier molecular flexibility index (Phi) is 7.88. The molecule has 1 aromatic carbocycles. The highest BCUT2D eigenvalue weighted by Crippen LogP contribution is 2.37. The minimum Gasteiger partial charge on any atom is -0.493 e. The molecule has 1 rings (SSSR count). The predicted octanol–water partition coefficient (Wildman–Crippen LogP) is 5.03. The number of hydrogen-bond donors (Lipinski definition) is 0. The van der Waals surface area contributed by atoms with Crippen molar-refractivity contribution in [2.75, 3.05) is 13.7 Å². The van der Waals surface area contributed by atoms with Crippen LogP contribution >= 0.6 is 11.6 Å². The van der Waals surface area contributed by atoms with E-state index >= 15 is 0 Å². The van der Waals surface area contributed by atoms with Gasteiger partial charge in [-0.3, -0.25) is 4.79 Å². The van der Waals surface area contributed by atoms with Crippen molar-refractivity contribution in [3.05, 3.63) is 22.7 Å². The first kappa shape index (κ1) is 20.6. The molecule has 0 aliphatic carbocycles. The van der Waals surface area contributed by atoms with Crippen LogP contribution in [0.3, 0.4) is 0 Å². The fourth-order valence-electron chi connectivity index (χ4n) is 2.59. The molecule has 136 valence electrons. The van der Waals surface area contributed by atoms with E-state index in [0.717, 1.165) is 6.42 Å². The number of rotatable bonds is 8. The van der Waals surface area contributed by atoms with Gasteiger partial charge in [-0.25, -0.2) is 0 Å². The highest BCUT2D eigenvalue weighted by atomic mass is 35.5. The summed E-state index contributed by atoms with van der Waals surface area (Å²) in [6, 6.07) is 3.57. The van der Waals surface area contributed by atoms with Crippen molar-refractivity contribution < 1.29 is 14.3 Å². The lowest BCUT2D eigenvalue weighted by atomic mass is 10.1. The van der Waals surface area contributed by atoms with Crippen molar-refractivity contribution in [1.82, 2.24) is 4.90 Å². The molecule has 0 saturated carbocycles. The summed E-state index contributed by atoms with van der Waals surface area (Å²) >= 11 is 6.36. The summed E-state index contributed by atoms with van der Waals surface area (Å²) in [5.41, 5.74) is 0.510. The van der Waals surface area contributed by atoms with E-state index in [9.17, 15) is 4.79 Å². The quantitative estimate of drug-likeness (QED) is 0.656. The van der Waals surface area contributed by atoms with Crippen LogP contribution in [0.2, 0.25) is 5.02 Å². The summed E-state index contributed by atoms with van der Waals surface area (Å²) in [5, 5.41) is 0.397. The number of benzene rings is 1. The Hall–Kier alpha value is -1.42. The third-order valence-corrected chi connectivity index (χ3v) is 4.05. The monoisotopic (exact) mass is 355 g/mol. The number of nitrogens with zero attached hydrogens (tertiary/aromatic N) is 1. The van der Waals surface area contributed by atoms with Gasteiger partial charge in [-0.1, -0.05) is 25.4 Å². The smallest absolute Gasteiger partial charge is 0.254 e. The van der Waals surface area contributed by atoms with E-state index in [1.165, 1.54) is 0 Å². The summed E-state index contributed by atoms with van der Waals surface area (Å²) in [7, 11) is 1.55. The van der Waals surface area contributed by atoms with Gasteiger partial charge in [0, 0.05) is 17.6 Å². The third-order valence-electron chi connectivity index (χ3n) is 3.77. The molecule has 0 saturated heterocycles. The average Bonchev–Trinajstić information content (AvgIpc) is 2.47. The van der Waals surface area contributed by atoms with Crippen LogP contribution in [0.25, 0.3) is 0 Å². The summed E-state index contributed by atoms with van der Waals surface area (Å²) in [6.07, 6.45) is 0.925. The summed E-state index contributed by atoms with van der Waals surface area (Å²) in [5.74, 6) is 1.47. The zero-order chi connectivity index (χ0) is 18.4. The predicted molar refractivity (Wildman–Crippen MR) is 99.4 cm³/mol. The fourth-order valence-corrected chi connectivity index (χ4v) is 2.86. The standard InChI is InChI=1S/C19H30ClNO3/c1-12(2)8-9-24-18-16(20)10-15(11-17(18)23-7)19(22)21(13(3)4)14(5)6/h10-14H,8-9H2,1-7H3. The number of hydrogen-bond acceptors (Lipinski definition) is 3.